The van der Waals surface area contributed by atoms with Crippen molar-refractivity contribution in [1.82, 2.24) is 0 Å². The second kappa shape index (κ2) is 12.2. The van der Waals surface area contributed by atoms with Gasteiger partial charge >= 0.3 is 0 Å². The highest BCUT2D eigenvalue weighted by Gasteiger charge is 2.19. The molecule has 0 atom stereocenters. The van der Waals surface area contributed by atoms with Crippen molar-refractivity contribution in [3.8, 4) is 22.3 Å². The molecule has 1 aromatic heterocycles. The van der Waals surface area contributed by atoms with E-state index in [-0.39, 0.29) is 59.9 Å². The van der Waals surface area contributed by atoms with Gasteiger partial charge in [-0.2, -0.15) is 0 Å². The standard InChI is InChI=1S/C50H34O/c1-3-15-33(16-4-1)40-26-14-28-47-50(40)49-37(19-13-27-46(49)51-47)31-35-29-30-36(39-21-8-7-20-38(35)39)32-45-41-22-9-11-24-43(41)48(34-17-5-2-6-18-34)44-25-12-10-23-42(44)45/h1-30H,31-32H2/i7D,8D,20D,21D,29D,30D. The molecule has 0 saturated carbocycles. The molecular weight excluding hydrogens is 617 g/mol. The van der Waals surface area contributed by atoms with Crippen molar-refractivity contribution in [2.75, 3.05) is 0 Å². The molecule has 0 unspecified atom stereocenters. The molecule has 9 aromatic carbocycles. The van der Waals surface area contributed by atoms with Gasteiger partial charge in [-0.25, -0.2) is 0 Å². The number of hydrogen-bond donors (Lipinski definition) is 0. The monoisotopic (exact) mass is 656 g/mol. The molecule has 0 aliphatic rings. The minimum absolute atomic E-state index is 0.0444. The first-order chi connectivity index (χ1) is 27.8. The molecule has 10 rings (SSSR count). The third-order valence-electron chi connectivity index (χ3n) is 10.2. The normalized spacial score (nSPS) is 13.3. The molecule has 0 radical (unpaired) electrons. The van der Waals surface area contributed by atoms with E-state index in [1.807, 2.05) is 91.0 Å². The van der Waals surface area contributed by atoms with E-state index in [0.717, 1.165) is 71.3 Å². The summed E-state index contributed by atoms with van der Waals surface area (Å²) in [5, 5.41) is 6.46. The van der Waals surface area contributed by atoms with Gasteiger partial charge in [-0.05, 0) is 102 Å². The molecule has 1 heterocycles. The molecule has 0 saturated heterocycles. The zero-order valence-electron chi connectivity index (χ0n) is 33.7. The zero-order chi connectivity index (χ0) is 38.9. The SMILES string of the molecule is [2H]c1c([2H])c([2H])c2c(Cc3cccc4oc5cccc(-c6ccccc6)c5c34)c([2H])c([2H])c(Cc3c4ccccc4c(-c4ccccc4)c4ccccc34)c2c1[2H]. The molecule has 0 N–H and O–H groups in total. The Bertz CT molecular complexity index is 3190. The van der Waals surface area contributed by atoms with Crippen LogP contribution in [-0.4, -0.2) is 0 Å². The average Bonchev–Trinajstić information content (AvgIpc) is 3.65. The van der Waals surface area contributed by atoms with Crippen LogP contribution in [0.25, 0.3) is 76.5 Å². The lowest BCUT2D eigenvalue weighted by molar-refractivity contribution is 0.669. The summed E-state index contributed by atoms with van der Waals surface area (Å²) in [6.07, 6.45) is 0.360. The first kappa shape index (κ1) is 23.8. The van der Waals surface area contributed by atoms with Crippen molar-refractivity contribution in [1.29, 1.82) is 0 Å². The van der Waals surface area contributed by atoms with Crippen molar-refractivity contribution in [2.45, 2.75) is 12.8 Å². The third-order valence-corrected chi connectivity index (χ3v) is 10.2. The number of fused-ring (bicyclic) bond motifs is 6. The maximum atomic E-state index is 9.67. The largest absolute Gasteiger partial charge is 0.456 e. The predicted octanol–water partition coefficient (Wildman–Crippen LogP) is 13.6. The van der Waals surface area contributed by atoms with Gasteiger partial charge in [0.1, 0.15) is 11.2 Å². The van der Waals surface area contributed by atoms with Gasteiger partial charge in [-0.3, -0.25) is 0 Å². The highest BCUT2D eigenvalue weighted by molar-refractivity contribution is 6.16. The Hall–Kier alpha value is -6.44. The van der Waals surface area contributed by atoms with Crippen LogP contribution in [0, 0.1) is 0 Å². The van der Waals surface area contributed by atoms with Crippen molar-refractivity contribution >= 4 is 54.3 Å². The molecule has 0 fully saturated rings. The molecular formula is C50H34O. The molecule has 1 heteroatoms. The summed E-state index contributed by atoms with van der Waals surface area (Å²) in [7, 11) is 0. The minimum atomic E-state index is -0.363. The summed E-state index contributed by atoms with van der Waals surface area (Å²) >= 11 is 0. The van der Waals surface area contributed by atoms with Crippen LogP contribution in [0.4, 0.5) is 0 Å². The summed E-state index contributed by atoms with van der Waals surface area (Å²) in [5.41, 5.74) is 8.24. The number of rotatable bonds is 6. The first-order valence-electron chi connectivity index (χ1n) is 20.3. The number of benzene rings is 9. The van der Waals surface area contributed by atoms with E-state index in [2.05, 4.69) is 54.6 Å². The van der Waals surface area contributed by atoms with Gasteiger partial charge in [0.2, 0.25) is 0 Å². The van der Waals surface area contributed by atoms with E-state index in [0.29, 0.717) is 16.7 Å². The Morgan fingerprint density at radius 1 is 0.392 bits per heavy atom. The Labute approximate surface area is 305 Å². The second-order valence-electron chi connectivity index (χ2n) is 13.1. The molecule has 240 valence electrons. The molecule has 0 aliphatic carbocycles. The van der Waals surface area contributed by atoms with Crippen LogP contribution in [-0.2, 0) is 12.8 Å². The third kappa shape index (κ3) is 4.93. The van der Waals surface area contributed by atoms with Crippen LogP contribution in [0.15, 0.2) is 186 Å². The van der Waals surface area contributed by atoms with Gasteiger partial charge in [0.15, 0.2) is 0 Å². The highest BCUT2D eigenvalue weighted by atomic mass is 16.3. The summed E-state index contributed by atoms with van der Waals surface area (Å²) in [6, 6.07) is 47.5. The Morgan fingerprint density at radius 2 is 0.922 bits per heavy atom. The summed E-state index contributed by atoms with van der Waals surface area (Å²) in [5.74, 6) is 0. The lowest BCUT2D eigenvalue weighted by Gasteiger charge is -2.19. The van der Waals surface area contributed by atoms with Crippen LogP contribution < -0.4 is 0 Å². The molecule has 0 amide bonds. The molecule has 10 aromatic rings. The molecule has 51 heavy (non-hydrogen) atoms. The highest BCUT2D eigenvalue weighted by Crippen LogP contribution is 2.42. The van der Waals surface area contributed by atoms with Gasteiger partial charge in [0, 0.05) is 10.8 Å². The second-order valence-corrected chi connectivity index (χ2v) is 13.1. The fourth-order valence-electron chi connectivity index (χ4n) is 7.94. The zero-order valence-corrected chi connectivity index (χ0v) is 27.7. The van der Waals surface area contributed by atoms with Gasteiger partial charge in [0.25, 0.3) is 0 Å². The van der Waals surface area contributed by atoms with Crippen molar-refractivity contribution in [3.63, 3.8) is 0 Å². The fourth-order valence-corrected chi connectivity index (χ4v) is 7.94. The maximum Gasteiger partial charge on any atom is 0.136 e. The van der Waals surface area contributed by atoms with Crippen LogP contribution in [0.5, 0.6) is 0 Å². The quantitative estimate of drug-likeness (QED) is 0.162. The lowest BCUT2D eigenvalue weighted by atomic mass is 9.85. The lowest BCUT2D eigenvalue weighted by Crippen LogP contribution is -1.98. The fraction of sp³-hybridized carbons (Fsp3) is 0.0400. The van der Waals surface area contributed by atoms with Crippen LogP contribution in [0.3, 0.4) is 0 Å². The van der Waals surface area contributed by atoms with E-state index >= 15 is 0 Å². The van der Waals surface area contributed by atoms with Gasteiger partial charge in [-0.15, -0.1) is 0 Å². The Kier molecular flexibility index (Phi) is 5.68. The summed E-state index contributed by atoms with van der Waals surface area (Å²) in [4.78, 5) is 0. The Balaban J connectivity index is 1.23. The van der Waals surface area contributed by atoms with Crippen LogP contribution in [0.1, 0.15) is 30.5 Å². The number of furan rings is 1. The number of hydrogen-bond acceptors (Lipinski definition) is 1. The van der Waals surface area contributed by atoms with E-state index < -0.39 is 0 Å². The van der Waals surface area contributed by atoms with Gasteiger partial charge < -0.3 is 4.42 Å². The molecule has 0 bridgehead atoms. The molecule has 1 nitrogen and oxygen atoms in total. The topological polar surface area (TPSA) is 13.1 Å². The van der Waals surface area contributed by atoms with Crippen molar-refractivity contribution in [2.24, 2.45) is 0 Å². The van der Waals surface area contributed by atoms with Gasteiger partial charge in [0.05, 0.1) is 8.22 Å². The maximum absolute atomic E-state index is 9.67. The van der Waals surface area contributed by atoms with E-state index in [1.54, 1.807) is 0 Å². The van der Waals surface area contributed by atoms with E-state index in [9.17, 15) is 5.48 Å². The van der Waals surface area contributed by atoms with Crippen LogP contribution in [0.2, 0.25) is 0 Å². The minimum Gasteiger partial charge on any atom is -0.456 e. The summed E-state index contributed by atoms with van der Waals surface area (Å²) in [6.45, 7) is 0. The molecule has 0 spiro atoms. The first-order valence-corrected chi connectivity index (χ1v) is 17.3. The Morgan fingerprint density at radius 3 is 1.57 bits per heavy atom. The summed E-state index contributed by atoms with van der Waals surface area (Å²) < 4.78 is 62.0. The van der Waals surface area contributed by atoms with Crippen LogP contribution >= 0.6 is 0 Å². The predicted molar refractivity (Wildman–Crippen MR) is 216 cm³/mol. The van der Waals surface area contributed by atoms with Gasteiger partial charge in [-0.1, -0.05) is 170 Å². The van der Waals surface area contributed by atoms with Crippen molar-refractivity contribution in [3.05, 3.63) is 204 Å². The van der Waals surface area contributed by atoms with Crippen molar-refractivity contribution < 1.29 is 12.6 Å². The van der Waals surface area contributed by atoms with E-state index in [1.165, 1.54) is 0 Å². The smallest absolute Gasteiger partial charge is 0.136 e. The average molecular weight is 657 g/mol. The molecule has 0 aliphatic heterocycles. The van der Waals surface area contributed by atoms with E-state index in [4.69, 9.17) is 7.16 Å².